The van der Waals surface area contributed by atoms with Gasteiger partial charge in [0.15, 0.2) is 0 Å². The summed E-state index contributed by atoms with van der Waals surface area (Å²) in [4.78, 5) is 19.9. The Morgan fingerprint density at radius 1 is 1.55 bits per heavy atom. The summed E-state index contributed by atoms with van der Waals surface area (Å²) in [6, 6.07) is 1.61. The van der Waals surface area contributed by atoms with Gasteiger partial charge in [0, 0.05) is 24.3 Å². The zero-order valence-electron chi connectivity index (χ0n) is 11.8. The second-order valence-electron chi connectivity index (χ2n) is 5.46. The Balaban J connectivity index is 2.09. The monoisotopic (exact) mass is 341 g/mol. The van der Waals surface area contributed by atoms with Gasteiger partial charge in [0.1, 0.15) is 11.4 Å². The van der Waals surface area contributed by atoms with Gasteiger partial charge in [0.2, 0.25) is 0 Å². The molecule has 0 atom stereocenters. The third-order valence-electron chi connectivity index (χ3n) is 3.80. The molecule has 1 aromatic heterocycles. The normalized spacial score (nSPS) is 17.1. The average Bonchev–Trinajstić information content (AvgIpc) is 2.41. The molecule has 2 rings (SSSR count). The number of rotatable bonds is 4. The highest BCUT2D eigenvalue weighted by atomic mass is 79.9. The lowest BCUT2D eigenvalue weighted by Gasteiger charge is -2.32. The maximum absolute atomic E-state index is 11.3. The van der Waals surface area contributed by atoms with Crippen LogP contribution in [0.2, 0.25) is 0 Å². The van der Waals surface area contributed by atoms with Crippen molar-refractivity contribution < 1.29 is 9.90 Å². The molecule has 110 valence electrons. The van der Waals surface area contributed by atoms with Crippen molar-refractivity contribution in [3.8, 4) is 0 Å². The highest BCUT2D eigenvalue weighted by molar-refractivity contribution is 9.10. The van der Waals surface area contributed by atoms with Gasteiger partial charge < -0.3 is 14.9 Å². The number of aromatic carboxylic acids is 1. The minimum atomic E-state index is -0.941. The summed E-state index contributed by atoms with van der Waals surface area (Å²) in [5.74, 6) is 0.201. The smallest absolute Gasteiger partial charge is 0.339 e. The number of likely N-dealkylation sites (tertiary alicyclic amines) is 1. The van der Waals surface area contributed by atoms with Crippen LogP contribution in [0.5, 0.6) is 0 Å². The number of carboxylic acids is 1. The number of aromatic nitrogens is 1. The molecule has 5 nitrogen and oxygen atoms in total. The van der Waals surface area contributed by atoms with Gasteiger partial charge >= 0.3 is 5.97 Å². The number of carboxylic acid groups (broad SMARTS) is 1. The Bertz CT molecular complexity index is 487. The van der Waals surface area contributed by atoms with Crippen LogP contribution >= 0.6 is 15.9 Å². The zero-order chi connectivity index (χ0) is 14.7. The van der Waals surface area contributed by atoms with Crippen LogP contribution in [0.25, 0.3) is 0 Å². The van der Waals surface area contributed by atoms with Crippen molar-refractivity contribution in [3.63, 3.8) is 0 Å². The summed E-state index contributed by atoms with van der Waals surface area (Å²) >= 11 is 3.27. The molecule has 0 bridgehead atoms. The molecule has 1 aliphatic rings. The SMILES string of the molecule is CN1CCC(CN(C)c2ncc(Br)cc2C(=O)O)CC1. The maximum atomic E-state index is 11.3. The van der Waals surface area contributed by atoms with Crippen LogP contribution in [0.4, 0.5) is 5.82 Å². The fourth-order valence-corrected chi connectivity index (χ4v) is 2.94. The van der Waals surface area contributed by atoms with Crippen molar-refractivity contribution in [1.82, 2.24) is 9.88 Å². The Morgan fingerprint density at radius 2 is 2.20 bits per heavy atom. The van der Waals surface area contributed by atoms with E-state index in [0.29, 0.717) is 16.2 Å². The van der Waals surface area contributed by atoms with Crippen LogP contribution in [-0.4, -0.2) is 54.7 Å². The van der Waals surface area contributed by atoms with E-state index in [-0.39, 0.29) is 5.56 Å². The largest absolute Gasteiger partial charge is 0.478 e. The van der Waals surface area contributed by atoms with E-state index in [0.717, 1.165) is 32.5 Å². The van der Waals surface area contributed by atoms with E-state index in [1.807, 2.05) is 11.9 Å². The Hall–Kier alpha value is -1.14. The molecule has 0 radical (unpaired) electrons. The summed E-state index contributed by atoms with van der Waals surface area (Å²) < 4.78 is 0.686. The molecule has 0 amide bonds. The fraction of sp³-hybridized carbons (Fsp3) is 0.571. The van der Waals surface area contributed by atoms with E-state index in [9.17, 15) is 9.90 Å². The van der Waals surface area contributed by atoms with Crippen molar-refractivity contribution in [2.45, 2.75) is 12.8 Å². The third-order valence-corrected chi connectivity index (χ3v) is 4.23. The van der Waals surface area contributed by atoms with Crippen molar-refractivity contribution >= 4 is 27.7 Å². The van der Waals surface area contributed by atoms with E-state index in [1.54, 1.807) is 12.3 Å². The standard InChI is InChI=1S/C14H20BrN3O2/c1-17-5-3-10(4-6-17)9-18(2)13-12(14(19)20)7-11(15)8-16-13/h7-8,10H,3-6,9H2,1-2H3,(H,19,20). The molecule has 6 heteroatoms. The first-order valence-corrected chi connectivity index (χ1v) is 7.55. The van der Waals surface area contributed by atoms with Gasteiger partial charge in [-0.05, 0) is 60.9 Å². The van der Waals surface area contributed by atoms with E-state index >= 15 is 0 Å². The van der Waals surface area contributed by atoms with Gasteiger partial charge in [-0.15, -0.1) is 0 Å². The zero-order valence-corrected chi connectivity index (χ0v) is 13.4. The number of pyridine rings is 1. The van der Waals surface area contributed by atoms with Crippen LogP contribution in [0.1, 0.15) is 23.2 Å². The first-order valence-electron chi connectivity index (χ1n) is 6.76. The van der Waals surface area contributed by atoms with Crippen LogP contribution in [0, 0.1) is 5.92 Å². The summed E-state index contributed by atoms with van der Waals surface area (Å²) in [5, 5.41) is 9.29. The van der Waals surface area contributed by atoms with Crippen molar-refractivity contribution in [2.75, 3.05) is 38.6 Å². The topological polar surface area (TPSA) is 56.7 Å². The predicted octanol–water partition coefficient (Wildman–Crippen LogP) is 2.32. The number of piperidine rings is 1. The fourth-order valence-electron chi connectivity index (χ4n) is 2.61. The molecule has 0 unspecified atom stereocenters. The molecule has 1 aliphatic heterocycles. The highest BCUT2D eigenvalue weighted by Gasteiger charge is 2.21. The van der Waals surface area contributed by atoms with Gasteiger partial charge in [0.05, 0.1) is 0 Å². The summed E-state index contributed by atoms with van der Waals surface area (Å²) in [6.07, 6.45) is 3.95. The van der Waals surface area contributed by atoms with Crippen LogP contribution < -0.4 is 4.90 Å². The molecular weight excluding hydrogens is 322 g/mol. The third kappa shape index (κ3) is 3.70. The molecule has 0 aromatic carbocycles. The van der Waals surface area contributed by atoms with Gasteiger partial charge in [-0.25, -0.2) is 9.78 Å². The molecule has 2 heterocycles. The molecule has 0 saturated carbocycles. The van der Waals surface area contributed by atoms with Gasteiger partial charge in [-0.2, -0.15) is 0 Å². The Morgan fingerprint density at radius 3 is 2.80 bits per heavy atom. The molecule has 0 spiro atoms. The first kappa shape index (κ1) is 15.3. The average molecular weight is 342 g/mol. The number of nitrogens with zero attached hydrogens (tertiary/aromatic N) is 3. The van der Waals surface area contributed by atoms with E-state index in [4.69, 9.17) is 0 Å². The molecule has 1 N–H and O–H groups in total. The van der Waals surface area contributed by atoms with Gasteiger partial charge in [-0.3, -0.25) is 0 Å². The number of carbonyl (C=O) groups is 1. The summed E-state index contributed by atoms with van der Waals surface area (Å²) in [5.41, 5.74) is 0.245. The predicted molar refractivity (Wildman–Crippen MR) is 82.4 cm³/mol. The second-order valence-corrected chi connectivity index (χ2v) is 6.37. The number of hydrogen-bond acceptors (Lipinski definition) is 4. The molecule has 0 aliphatic carbocycles. The van der Waals surface area contributed by atoms with Gasteiger partial charge in [0.25, 0.3) is 0 Å². The quantitative estimate of drug-likeness (QED) is 0.910. The number of anilines is 1. The Kier molecular flexibility index (Phi) is 4.99. The van der Waals surface area contributed by atoms with E-state index in [2.05, 4.69) is 32.9 Å². The van der Waals surface area contributed by atoms with Crippen molar-refractivity contribution in [1.29, 1.82) is 0 Å². The lowest BCUT2D eigenvalue weighted by molar-refractivity contribution is 0.0697. The lowest BCUT2D eigenvalue weighted by Crippen LogP contribution is -2.36. The van der Waals surface area contributed by atoms with E-state index in [1.165, 1.54) is 0 Å². The second kappa shape index (κ2) is 6.54. The number of hydrogen-bond donors (Lipinski definition) is 1. The minimum absolute atomic E-state index is 0.245. The van der Waals surface area contributed by atoms with Crippen molar-refractivity contribution in [3.05, 3.63) is 22.3 Å². The molecular formula is C14H20BrN3O2. The van der Waals surface area contributed by atoms with Gasteiger partial charge in [-0.1, -0.05) is 0 Å². The van der Waals surface area contributed by atoms with Crippen LogP contribution in [0.15, 0.2) is 16.7 Å². The first-order chi connectivity index (χ1) is 9.47. The van der Waals surface area contributed by atoms with E-state index < -0.39 is 5.97 Å². The molecule has 1 fully saturated rings. The van der Waals surface area contributed by atoms with Crippen molar-refractivity contribution in [2.24, 2.45) is 5.92 Å². The Labute approximate surface area is 127 Å². The van der Waals surface area contributed by atoms with Crippen LogP contribution in [-0.2, 0) is 0 Å². The minimum Gasteiger partial charge on any atom is -0.478 e. The summed E-state index contributed by atoms with van der Waals surface area (Å²) in [7, 11) is 4.06. The van der Waals surface area contributed by atoms with Crippen LogP contribution in [0.3, 0.4) is 0 Å². The molecule has 20 heavy (non-hydrogen) atoms. The highest BCUT2D eigenvalue weighted by Crippen LogP contribution is 2.24. The maximum Gasteiger partial charge on any atom is 0.339 e. The number of halogens is 1. The molecule has 1 saturated heterocycles. The molecule has 1 aromatic rings. The summed E-state index contributed by atoms with van der Waals surface area (Å²) in [6.45, 7) is 3.07. The lowest BCUT2D eigenvalue weighted by atomic mass is 9.96.